The van der Waals surface area contributed by atoms with E-state index in [0.717, 1.165) is 61.3 Å². The van der Waals surface area contributed by atoms with Crippen molar-refractivity contribution in [2.75, 3.05) is 39.3 Å². The molecular weight excluding hydrogens is 330 g/mol. The van der Waals surface area contributed by atoms with Crippen LogP contribution >= 0.6 is 15.9 Å². The molecule has 3 rings (SSSR count). The van der Waals surface area contributed by atoms with Gasteiger partial charge in [0.15, 0.2) is 0 Å². The molecule has 0 aliphatic carbocycles. The molecule has 114 valence electrons. The second-order valence-electron chi connectivity index (χ2n) is 5.89. The van der Waals surface area contributed by atoms with Crippen LogP contribution in [0.4, 0.5) is 0 Å². The summed E-state index contributed by atoms with van der Waals surface area (Å²) in [6.07, 6.45) is 1.10. The van der Waals surface area contributed by atoms with Crippen LogP contribution in [0.1, 0.15) is 22.3 Å². The first-order chi connectivity index (χ1) is 10.2. The van der Waals surface area contributed by atoms with Crippen LogP contribution < -0.4 is 5.32 Å². The van der Waals surface area contributed by atoms with Gasteiger partial charge in [0.2, 0.25) is 0 Å². The number of likely N-dealkylation sites (tertiary alicyclic amines) is 1. The highest BCUT2D eigenvalue weighted by Crippen LogP contribution is 2.23. The highest BCUT2D eigenvalue weighted by Gasteiger charge is 2.31. The molecule has 0 saturated carbocycles. The van der Waals surface area contributed by atoms with E-state index in [1.807, 2.05) is 30.0 Å². The first-order valence-corrected chi connectivity index (χ1v) is 8.45. The number of carbonyl (C=O) groups is 1. The molecule has 0 spiro atoms. The van der Waals surface area contributed by atoms with E-state index in [2.05, 4.69) is 26.1 Å². The Morgan fingerprint density at radius 2 is 2.05 bits per heavy atom. The summed E-state index contributed by atoms with van der Waals surface area (Å²) in [6.45, 7) is 8.07. The summed E-state index contributed by atoms with van der Waals surface area (Å²) in [5.74, 6) is 0.173. The average molecular weight is 352 g/mol. The van der Waals surface area contributed by atoms with Crippen LogP contribution in [0.15, 0.2) is 22.7 Å². The lowest BCUT2D eigenvalue weighted by atomic mass is 10.1. The molecule has 2 heterocycles. The van der Waals surface area contributed by atoms with Gasteiger partial charge in [0, 0.05) is 55.3 Å². The third-order valence-electron chi connectivity index (χ3n) is 4.62. The Hall–Kier alpha value is -0.910. The fourth-order valence-corrected chi connectivity index (χ4v) is 3.65. The number of piperazine rings is 1. The molecule has 2 fully saturated rings. The number of nitrogens with one attached hydrogen (secondary N) is 1. The minimum Gasteiger partial charge on any atom is -0.337 e. The van der Waals surface area contributed by atoms with Crippen LogP contribution in [0.2, 0.25) is 0 Å². The van der Waals surface area contributed by atoms with E-state index in [1.54, 1.807) is 0 Å². The number of hydrogen-bond acceptors (Lipinski definition) is 3. The van der Waals surface area contributed by atoms with Gasteiger partial charge in [-0.05, 0) is 31.0 Å². The van der Waals surface area contributed by atoms with Crippen molar-refractivity contribution in [3.63, 3.8) is 0 Å². The Bertz CT molecular complexity index is 528. The van der Waals surface area contributed by atoms with E-state index < -0.39 is 0 Å². The molecular formula is C16H22BrN3O. The van der Waals surface area contributed by atoms with E-state index in [1.165, 1.54) is 0 Å². The molecule has 5 heteroatoms. The normalized spacial score (nSPS) is 23.5. The maximum Gasteiger partial charge on any atom is 0.254 e. The quantitative estimate of drug-likeness (QED) is 0.883. The molecule has 1 atom stereocenters. The van der Waals surface area contributed by atoms with Crippen molar-refractivity contribution < 1.29 is 4.79 Å². The van der Waals surface area contributed by atoms with Crippen LogP contribution in [0, 0.1) is 6.92 Å². The Labute approximate surface area is 134 Å². The van der Waals surface area contributed by atoms with Crippen molar-refractivity contribution in [1.82, 2.24) is 15.1 Å². The molecule has 1 N–H and O–H groups in total. The summed E-state index contributed by atoms with van der Waals surface area (Å²) in [6, 6.07) is 6.39. The molecule has 0 aromatic heterocycles. The van der Waals surface area contributed by atoms with Crippen LogP contribution in [0.5, 0.6) is 0 Å². The second-order valence-corrected chi connectivity index (χ2v) is 6.75. The van der Waals surface area contributed by atoms with E-state index in [-0.39, 0.29) is 5.91 Å². The lowest BCUT2D eigenvalue weighted by Gasteiger charge is -2.32. The fourth-order valence-electron chi connectivity index (χ4n) is 3.28. The molecule has 1 aromatic rings. The minimum absolute atomic E-state index is 0.173. The number of hydrogen-bond donors (Lipinski definition) is 1. The largest absolute Gasteiger partial charge is 0.337 e. The molecule has 21 heavy (non-hydrogen) atoms. The van der Waals surface area contributed by atoms with Gasteiger partial charge in [-0.15, -0.1) is 0 Å². The lowest BCUT2D eigenvalue weighted by molar-refractivity contribution is 0.0772. The zero-order chi connectivity index (χ0) is 14.8. The van der Waals surface area contributed by atoms with Crippen LogP contribution in [0.3, 0.4) is 0 Å². The fraction of sp³-hybridized carbons (Fsp3) is 0.562. The Morgan fingerprint density at radius 3 is 2.81 bits per heavy atom. The van der Waals surface area contributed by atoms with Gasteiger partial charge in [-0.2, -0.15) is 0 Å². The molecule has 2 aliphatic rings. The van der Waals surface area contributed by atoms with Gasteiger partial charge in [0.1, 0.15) is 0 Å². The van der Waals surface area contributed by atoms with Gasteiger partial charge >= 0.3 is 0 Å². The van der Waals surface area contributed by atoms with Crippen LogP contribution in [0.25, 0.3) is 0 Å². The highest BCUT2D eigenvalue weighted by molar-refractivity contribution is 9.10. The zero-order valence-electron chi connectivity index (χ0n) is 12.4. The summed E-state index contributed by atoms with van der Waals surface area (Å²) in [5.41, 5.74) is 1.86. The Balaban J connectivity index is 1.68. The van der Waals surface area contributed by atoms with Gasteiger partial charge in [0.05, 0.1) is 0 Å². The van der Waals surface area contributed by atoms with E-state index >= 15 is 0 Å². The van der Waals surface area contributed by atoms with E-state index in [0.29, 0.717) is 6.04 Å². The zero-order valence-corrected chi connectivity index (χ0v) is 14.0. The smallest absolute Gasteiger partial charge is 0.254 e. The number of benzene rings is 1. The SMILES string of the molecule is Cc1c(Br)cccc1C(=O)N1CCC(N2CCNCC2)C1. The summed E-state index contributed by atoms with van der Waals surface area (Å²) in [4.78, 5) is 17.3. The van der Waals surface area contributed by atoms with Crippen LogP contribution in [-0.2, 0) is 0 Å². The number of carbonyl (C=O) groups excluding carboxylic acids is 1. The van der Waals surface area contributed by atoms with Crippen molar-refractivity contribution >= 4 is 21.8 Å². The molecule has 2 aliphatic heterocycles. The molecule has 0 radical (unpaired) electrons. The Kier molecular flexibility index (Phi) is 4.62. The number of amides is 1. The summed E-state index contributed by atoms with van der Waals surface area (Å²) < 4.78 is 1.01. The van der Waals surface area contributed by atoms with Gasteiger partial charge < -0.3 is 10.2 Å². The van der Waals surface area contributed by atoms with Gasteiger partial charge in [-0.3, -0.25) is 9.69 Å². The topological polar surface area (TPSA) is 35.6 Å². The monoisotopic (exact) mass is 351 g/mol. The lowest BCUT2D eigenvalue weighted by Crippen LogP contribution is -2.49. The molecule has 4 nitrogen and oxygen atoms in total. The molecule has 2 saturated heterocycles. The molecule has 1 unspecified atom stereocenters. The molecule has 1 aromatic carbocycles. The van der Waals surface area contributed by atoms with Crippen molar-refractivity contribution in [2.24, 2.45) is 0 Å². The van der Waals surface area contributed by atoms with Gasteiger partial charge in [-0.1, -0.05) is 22.0 Å². The first kappa shape index (κ1) is 15.0. The third-order valence-corrected chi connectivity index (χ3v) is 5.48. The van der Waals surface area contributed by atoms with Crippen LogP contribution in [-0.4, -0.2) is 61.0 Å². The molecule has 0 bridgehead atoms. The van der Waals surface area contributed by atoms with Crippen molar-refractivity contribution in [3.8, 4) is 0 Å². The molecule has 1 amide bonds. The predicted molar refractivity (Wildman–Crippen MR) is 87.6 cm³/mol. The number of rotatable bonds is 2. The highest BCUT2D eigenvalue weighted by atomic mass is 79.9. The maximum atomic E-state index is 12.7. The summed E-state index contributed by atoms with van der Waals surface area (Å²) in [5, 5.41) is 3.38. The number of halogens is 1. The van der Waals surface area contributed by atoms with E-state index in [9.17, 15) is 4.79 Å². The number of nitrogens with zero attached hydrogens (tertiary/aromatic N) is 2. The maximum absolute atomic E-state index is 12.7. The average Bonchev–Trinajstić information content (AvgIpc) is 3.00. The first-order valence-electron chi connectivity index (χ1n) is 7.66. The van der Waals surface area contributed by atoms with Crippen molar-refractivity contribution in [2.45, 2.75) is 19.4 Å². The summed E-state index contributed by atoms with van der Waals surface area (Å²) in [7, 11) is 0. The second kappa shape index (κ2) is 6.46. The predicted octanol–water partition coefficient (Wildman–Crippen LogP) is 1.88. The minimum atomic E-state index is 0.173. The summed E-state index contributed by atoms with van der Waals surface area (Å²) >= 11 is 3.51. The standard InChI is InChI=1S/C16H22BrN3O/c1-12-14(3-2-4-15(12)17)16(21)20-8-5-13(11-20)19-9-6-18-7-10-19/h2-4,13,18H,5-11H2,1H3. The van der Waals surface area contributed by atoms with Gasteiger partial charge in [0.25, 0.3) is 5.91 Å². The van der Waals surface area contributed by atoms with Crippen molar-refractivity contribution in [1.29, 1.82) is 0 Å². The third kappa shape index (κ3) is 3.15. The van der Waals surface area contributed by atoms with Gasteiger partial charge in [-0.25, -0.2) is 0 Å². The van der Waals surface area contributed by atoms with Crippen molar-refractivity contribution in [3.05, 3.63) is 33.8 Å². The Morgan fingerprint density at radius 1 is 1.29 bits per heavy atom. The van der Waals surface area contributed by atoms with E-state index in [4.69, 9.17) is 0 Å².